The number of hydrogen-bond acceptors (Lipinski definition) is 4. The fraction of sp³-hybridized carbons (Fsp3) is 0.208. The van der Waals surface area contributed by atoms with Gasteiger partial charge in [0.15, 0.2) is 0 Å². The lowest BCUT2D eigenvalue weighted by atomic mass is 9.98. The van der Waals surface area contributed by atoms with Gasteiger partial charge in [0.2, 0.25) is 0 Å². The zero-order valence-corrected chi connectivity index (χ0v) is 16.2. The lowest BCUT2D eigenvalue weighted by molar-refractivity contribution is 0.143. The third kappa shape index (κ3) is 4.27. The number of rotatable bonds is 4. The Hall–Kier alpha value is -3.65. The molecule has 5 heteroatoms. The van der Waals surface area contributed by atoms with Crippen LogP contribution in [-0.4, -0.2) is 29.2 Å². The van der Waals surface area contributed by atoms with Gasteiger partial charge in [0.05, 0.1) is 11.9 Å². The second-order valence-corrected chi connectivity index (χ2v) is 6.85. The third-order valence-corrected chi connectivity index (χ3v) is 4.83. The van der Waals surface area contributed by atoms with E-state index < -0.39 is 6.09 Å². The molecule has 0 radical (unpaired) electrons. The molecule has 0 fully saturated rings. The predicted molar refractivity (Wildman–Crippen MR) is 111 cm³/mol. The van der Waals surface area contributed by atoms with Gasteiger partial charge >= 0.3 is 6.09 Å². The second-order valence-electron chi connectivity index (χ2n) is 6.85. The maximum absolute atomic E-state index is 12.1. The highest BCUT2D eigenvalue weighted by Crippen LogP contribution is 2.44. The minimum atomic E-state index is -0.427. The highest BCUT2D eigenvalue weighted by molar-refractivity contribution is 5.79. The largest absolute Gasteiger partial charge is 0.449 e. The monoisotopic (exact) mass is 383 g/mol. The normalized spacial score (nSPS) is 11.8. The number of aryl methyl sites for hydroxylation is 1. The molecule has 1 aromatic heterocycles. The van der Waals surface area contributed by atoms with Gasteiger partial charge < -0.3 is 10.1 Å². The number of ether oxygens (including phenoxy) is 1. The number of nitrogens with one attached hydrogen (secondary N) is 1. The zero-order valence-electron chi connectivity index (χ0n) is 16.2. The van der Waals surface area contributed by atoms with E-state index in [0.717, 1.165) is 5.69 Å². The van der Waals surface area contributed by atoms with Gasteiger partial charge in [-0.25, -0.2) is 9.78 Å². The van der Waals surface area contributed by atoms with Gasteiger partial charge in [-0.3, -0.25) is 4.98 Å². The van der Waals surface area contributed by atoms with E-state index in [1.54, 1.807) is 12.4 Å². The van der Waals surface area contributed by atoms with E-state index >= 15 is 0 Å². The minimum Gasteiger partial charge on any atom is -0.449 e. The molecule has 0 unspecified atom stereocenters. The molecule has 29 heavy (non-hydrogen) atoms. The molecule has 2 aromatic carbocycles. The molecule has 0 saturated heterocycles. The number of amides is 1. The van der Waals surface area contributed by atoms with Crippen LogP contribution in [0.5, 0.6) is 0 Å². The molecule has 1 amide bonds. The Labute approximate surface area is 170 Å². The minimum absolute atomic E-state index is 0.0628. The first-order valence-corrected chi connectivity index (χ1v) is 9.59. The van der Waals surface area contributed by atoms with Crippen LogP contribution in [0, 0.1) is 18.8 Å². The number of benzene rings is 2. The molecule has 0 bridgehead atoms. The summed E-state index contributed by atoms with van der Waals surface area (Å²) in [7, 11) is 0. The van der Waals surface area contributed by atoms with Crippen LogP contribution in [0.25, 0.3) is 11.1 Å². The van der Waals surface area contributed by atoms with Crippen LogP contribution in [0.1, 0.15) is 34.9 Å². The van der Waals surface area contributed by atoms with Crippen LogP contribution in [0.4, 0.5) is 4.79 Å². The van der Waals surface area contributed by atoms with Gasteiger partial charge in [-0.15, -0.1) is 0 Å². The number of carbonyl (C=O) groups excluding carboxylic acids is 1. The van der Waals surface area contributed by atoms with Gasteiger partial charge in [0, 0.05) is 25.1 Å². The van der Waals surface area contributed by atoms with Crippen molar-refractivity contribution in [1.82, 2.24) is 15.3 Å². The van der Waals surface area contributed by atoms with Crippen molar-refractivity contribution >= 4 is 6.09 Å². The van der Waals surface area contributed by atoms with E-state index in [1.807, 2.05) is 31.2 Å². The Kier molecular flexibility index (Phi) is 5.53. The summed E-state index contributed by atoms with van der Waals surface area (Å²) in [6.45, 7) is 2.60. The molecule has 5 nitrogen and oxygen atoms in total. The highest BCUT2D eigenvalue weighted by Gasteiger charge is 2.28. The lowest BCUT2D eigenvalue weighted by Gasteiger charge is -2.14. The summed E-state index contributed by atoms with van der Waals surface area (Å²) in [5.41, 5.74) is 6.29. The number of nitrogens with zero attached hydrogens (tertiary/aromatic N) is 2. The third-order valence-electron chi connectivity index (χ3n) is 4.83. The van der Waals surface area contributed by atoms with Crippen LogP contribution >= 0.6 is 0 Å². The Morgan fingerprint density at radius 1 is 1.07 bits per heavy atom. The highest BCUT2D eigenvalue weighted by atomic mass is 16.5. The van der Waals surface area contributed by atoms with Gasteiger partial charge in [0.1, 0.15) is 12.3 Å². The van der Waals surface area contributed by atoms with Crippen molar-refractivity contribution in [3.8, 4) is 23.0 Å². The van der Waals surface area contributed by atoms with E-state index in [4.69, 9.17) is 4.74 Å². The SMILES string of the molecule is Cc1cncc(C#CCCNC(=O)OCC2c3ccccc3-c3ccccc32)n1. The van der Waals surface area contributed by atoms with Gasteiger partial charge in [-0.1, -0.05) is 54.5 Å². The maximum atomic E-state index is 12.1. The average molecular weight is 383 g/mol. The van der Waals surface area contributed by atoms with Gasteiger partial charge in [0.25, 0.3) is 0 Å². The molecule has 0 aliphatic heterocycles. The summed E-state index contributed by atoms with van der Waals surface area (Å²) in [6, 6.07) is 16.6. The summed E-state index contributed by atoms with van der Waals surface area (Å²) in [5.74, 6) is 5.99. The summed E-state index contributed by atoms with van der Waals surface area (Å²) in [5, 5.41) is 2.75. The first-order valence-electron chi connectivity index (χ1n) is 9.59. The topological polar surface area (TPSA) is 64.1 Å². The smallest absolute Gasteiger partial charge is 0.407 e. The van der Waals surface area contributed by atoms with Crippen molar-refractivity contribution in [2.45, 2.75) is 19.3 Å². The van der Waals surface area contributed by atoms with Crippen molar-refractivity contribution in [2.24, 2.45) is 0 Å². The maximum Gasteiger partial charge on any atom is 0.407 e. The van der Waals surface area contributed by atoms with Crippen molar-refractivity contribution in [3.05, 3.63) is 83.4 Å². The molecule has 1 aliphatic rings. The molecule has 0 saturated carbocycles. The van der Waals surface area contributed by atoms with Crippen molar-refractivity contribution in [2.75, 3.05) is 13.2 Å². The summed E-state index contributed by atoms with van der Waals surface area (Å²) in [6.07, 6.45) is 3.40. The molecule has 0 spiro atoms. The van der Waals surface area contributed by atoms with Crippen molar-refractivity contribution in [1.29, 1.82) is 0 Å². The Morgan fingerprint density at radius 2 is 1.76 bits per heavy atom. The van der Waals surface area contributed by atoms with Crippen LogP contribution in [0.3, 0.4) is 0 Å². The summed E-state index contributed by atoms with van der Waals surface area (Å²) >= 11 is 0. The number of hydrogen-bond donors (Lipinski definition) is 1. The lowest BCUT2D eigenvalue weighted by Crippen LogP contribution is -2.26. The van der Waals surface area contributed by atoms with E-state index in [2.05, 4.69) is 51.4 Å². The quantitative estimate of drug-likeness (QED) is 0.545. The van der Waals surface area contributed by atoms with Crippen molar-refractivity contribution in [3.63, 3.8) is 0 Å². The van der Waals surface area contributed by atoms with Crippen molar-refractivity contribution < 1.29 is 9.53 Å². The number of aromatic nitrogens is 2. The van der Waals surface area contributed by atoms with E-state index in [9.17, 15) is 4.79 Å². The zero-order chi connectivity index (χ0) is 20.1. The Bertz CT molecular complexity index is 1050. The standard InChI is InChI=1S/C24H21N3O2/c1-17-14-25-15-18(27-17)8-6-7-13-26-24(28)29-16-23-21-11-4-2-9-19(21)20-10-3-5-12-22(20)23/h2-5,9-12,14-15,23H,7,13,16H2,1H3,(H,26,28). The molecule has 1 N–H and O–H groups in total. The Balaban J connectivity index is 1.29. The summed E-state index contributed by atoms with van der Waals surface area (Å²) in [4.78, 5) is 20.4. The van der Waals surface area contributed by atoms with E-state index in [0.29, 0.717) is 25.3 Å². The number of fused-ring (bicyclic) bond motifs is 3. The summed E-state index contributed by atoms with van der Waals surface area (Å²) < 4.78 is 5.50. The molecule has 144 valence electrons. The first-order chi connectivity index (χ1) is 14.2. The number of carbonyl (C=O) groups is 1. The number of alkyl carbamates (subject to hydrolysis) is 1. The fourth-order valence-corrected chi connectivity index (χ4v) is 3.55. The molecule has 0 atom stereocenters. The molecule has 1 heterocycles. The van der Waals surface area contributed by atoms with Crippen LogP contribution in [0.2, 0.25) is 0 Å². The van der Waals surface area contributed by atoms with Crippen LogP contribution in [-0.2, 0) is 4.74 Å². The predicted octanol–water partition coefficient (Wildman–Crippen LogP) is 4.07. The molecular formula is C24H21N3O2. The fourth-order valence-electron chi connectivity index (χ4n) is 3.55. The van der Waals surface area contributed by atoms with Gasteiger partial charge in [-0.2, -0.15) is 0 Å². The van der Waals surface area contributed by atoms with Crippen LogP contribution < -0.4 is 5.32 Å². The molecule has 3 aromatic rings. The Morgan fingerprint density at radius 3 is 2.45 bits per heavy atom. The molecular weight excluding hydrogens is 362 g/mol. The van der Waals surface area contributed by atoms with Gasteiger partial charge in [-0.05, 0) is 35.1 Å². The average Bonchev–Trinajstić information content (AvgIpc) is 3.06. The molecule has 1 aliphatic carbocycles. The van der Waals surface area contributed by atoms with Crippen LogP contribution in [0.15, 0.2) is 60.9 Å². The van der Waals surface area contributed by atoms with E-state index in [1.165, 1.54) is 22.3 Å². The molecule has 4 rings (SSSR count). The second kappa shape index (κ2) is 8.57. The van der Waals surface area contributed by atoms with E-state index in [-0.39, 0.29) is 5.92 Å². The first kappa shape index (κ1) is 18.7.